The first kappa shape index (κ1) is 19.8. The van der Waals surface area contributed by atoms with Gasteiger partial charge in [0.25, 0.3) is 5.91 Å². The van der Waals surface area contributed by atoms with Crippen LogP contribution in [0.25, 0.3) is 0 Å². The molecule has 1 heterocycles. The number of carbonyl (C=O) groups excluding carboxylic acids is 2. The van der Waals surface area contributed by atoms with Crippen LogP contribution in [-0.4, -0.2) is 41.2 Å². The first-order chi connectivity index (χ1) is 13.7. The molecule has 2 amide bonds. The third kappa shape index (κ3) is 5.07. The van der Waals surface area contributed by atoms with E-state index in [2.05, 4.69) is 10.3 Å². The van der Waals surface area contributed by atoms with Gasteiger partial charge in [0.1, 0.15) is 12.3 Å². The van der Waals surface area contributed by atoms with Gasteiger partial charge >= 0.3 is 6.09 Å². The number of hydroxylamine groups is 2. The van der Waals surface area contributed by atoms with Crippen molar-refractivity contribution >= 4 is 12.0 Å². The van der Waals surface area contributed by atoms with Crippen molar-refractivity contribution in [2.45, 2.75) is 44.4 Å². The lowest BCUT2D eigenvalue weighted by Gasteiger charge is -2.37. The quantitative estimate of drug-likeness (QED) is 0.774. The molecule has 148 valence electrons. The van der Waals surface area contributed by atoms with Gasteiger partial charge in [-0.3, -0.25) is 14.6 Å². The van der Waals surface area contributed by atoms with Crippen LogP contribution in [-0.2, 0) is 16.2 Å². The highest BCUT2D eigenvalue weighted by Crippen LogP contribution is 2.24. The second-order valence-corrected chi connectivity index (χ2v) is 6.70. The van der Waals surface area contributed by atoms with E-state index in [4.69, 9.17) is 9.57 Å². The van der Waals surface area contributed by atoms with Gasteiger partial charge < -0.3 is 10.1 Å². The fourth-order valence-electron chi connectivity index (χ4n) is 3.43. The summed E-state index contributed by atoms with van der Waals surface area (Å²) < 4.78 is 5.41. The topological polar surface area (TPSA) is 80.8 Å². The van der Waals surface area contributed by atoms with E-state index in [1.54, 1.807) is 24.4 Å². The molecular formula is C21H25N3O4. The second-order valence-electron chi connectivity index (χ2n) is 6.70. The second kappa shape index (κ2) is 9.85. The average molecular weight is 383 g/mol. The average Bonchev–Trinajstić information content (AvgIpc) is 2.75. The van der Waals surface area contributed by atoms with Crippen molar-refractivity contribution < 1.29 is 19.2 Å². The minimum Gasteiger partial charge on any atom is -0.443 e. The summed E-state index contributed by atoms with van der Waals surface area (Å²) in [6.45, 7) is 0.164. The molecule has 7 heteroatoms. The Morgan fingerprint density at radius 3 is 2.57 bits per heavy atom. The van der Waals surface area contributed by atoms with Gasteiger partial charge in [0.05, 0.1) is 19.2 Å². The smallest absolute Gasteiger partial charge is 0.434 e. The molecule has 0 aliphatic heterocycles. The Hall–Kier alpha value is -2.93. The molecule has 0 saturated heterocycles. The summed E-state index contributed by atoms with van der Waals surface area (Å²) in [4.78, 5) is 34.5. The largest absolute Gasteiger partial charge is 0.443 e. The van der Waals surface area contributed by atoms with Crippen LogP contribution in [0.1, 0.15) is 41.7 Å². The first-order valence-corrected chi connectivity index (χ1v) is 9.45. The number of benzene rings is 1. The van der Waals surface area contributed by atoms with Crippen LogP contribution in [0.15, 0.2) is 54.7 Å². The van der Waals surface area contributed by atoms with Crippen LogP contribution in [0.4, 0.5) is 4.79 Å². The molecular weight excluding hydrogens is 358 g/mol. The highest BCUT2D eigenvalue weighted by atomic mass is 16.7. The summed E-state index contributed by atoms with van der Waals surface area (Å²) in [7, 11) is 1.44. The van der Waals surface area contributed by atoms with Crippen molar-refractivity contribution in [3.8, 4) is 0 Å². The third-order valence-corrected chi connectivity index (χ3v) is 4.83. The number of nitrogens with one attached hydrogen (secondary N) is 1. The lowest BCUT2D eigenvalue weighted by molar-refractivity contribution is -0.150. The van der Waals surface area contributed by atoms with E-state index in [1.807, 2.05) is 30.3 Å². The Kier molecular flexibility index (Phi) is 6.97. The molecule has 1 fully saturated rings. The molecule has 28 heavy (non-hydrogen) atoms. The van der Waals surface area contributed by atoms with Gasteiger partial charge in [-0.2, -0.15) is 5.06 Å². The van der Waals surface area contributed by atoms with Crippen molar-refractivity contribution in [2.24, 2.45) is 0 Å². The number of rotatable bonds is 6. The van der Waals surface area contributed by atoms with Crippen LogP contribution in [0.2, 0.25) is 0 Å². The Bertz CT molecular complexity index is 770. The van der Waals surface area contributed by atoms with Crippen LogP contribution in [0, 0.1) is 0 Å². The van der Waals surface area contributed by atoms with Crippen molar-refractivity contribution in [3.63, 3.8) is 0 Å². The number of hydrogen-bond acceptors (Lipinski definition) is 5. The van der Waals surface area contributed by atoms with Crippen molar-refractivity contribution in [2.75, 3.05) is 7.11 Å². The Morgan fingerprint density at radius 2 is 1.86 bits per heavy atom. The monoisotopic (exact) mass is 383 g/mol. The van der Waals surface area contributed by atoms with Gasteiger partial charge in [0.2, 0.25) is 0 Å². The Labute approximate surface area is 164 Å². The summed E-state index contributed by atoms with van der Waals surface area (Å²) in [5.41, 5.74) is 1.25. The number of hydrogen-bond donors (Lipinski definition) is 1. The molecule has 0 spiro atoms. The van der Waals surface area contributed by atoms with E-state index in [0.717, 1.165) is 31.2 Å². The van der Waals surface area contributed by atoms with Gasteiger partial charge in [-0.05, 0) is 30.5 Å². The van der Waals surface area contributed by atoms with Gasteiger partial charge in [-0.1, -0.05) is 49.2 Å². The molecule has 7 nitrogen and oxygen atoms in total. The first-order valence-electron chi connectivity index (χ1n) is 9.45. The van der Waals surface area contributed by atoms with E-state index in [-0.39, 0.29) is 24.6 Å². The van der Waals surface area contributed by atoms with Gasteiger partial charge in [-0.25, -0.2) is 4.79 Å². The highest BCUT2D eigenvalue weighted by molar-refractivity contribution is 5.92. The SMILES string of the molecule is CON(C(=O)OCc1ccccc1)[C@@H]1CCCC[C@H]1NC(=O)c1ccccn1. The van der Waals surface area contributed by atoms with Crippen molar-refractivity contribution in [1.29, 1.82) is 0 Å². The summed E-state index contributed by atoms with van der Waals surface area (Å²) in [5.74, 6) is -0.258. The van der Waals surface area contributed by atoms with E-state index in [9.17, 15) is 9.59 Å². The maximum atomic E-state index is 12.6. The van der Waals surface area contributed by atoms with E-state index < -0.39 is 6.09 Å². The summed E-state index contributed by atoms with van der Waals surface area (Å²) >= 11 is 0. The van der Waals surface area contributed by atoms with Gasteiger partial charge in [0, 0.05) is 6.20 Å². The van der Waals surface area contributed by atoms with Crippen molar-refractivity contribution in [3.05, 3.63) is 66.0 Å². The molecule has 1 N–H and O–H groups in total. The predicted molar refractivity (Wildman–Crippen MR) is 103 cm³/mol. The lowest BCUT2D eigenvalue weighted by Crippen LogP contribution is -2.54. The number of carbonyl (C=O) groups is 2. The van der Waals surface area contributed by atoms with E-state index in [1.165, 1.54) is 12.2 Å². The van der Waals surface area contributed by atoms with Crippen LogP contribution >= 0.6 is 0 Å². The fraction of sp³-hybridized carbons (Fsp3) is 0.381. The minimum absolute atomic E-state index is 0.164. The fourth-order valence-corrected chi connectivity index (χ4v) is 3.43. The number of nitrogens with zero attached hydrogens (tertiary/aromatic N) is 2. The molecule has 0 bridgehead atoms. The zero-order valence-corrected chi connectivity index (χ0v) is 15.9. The predicted octanol–water partition coefficient (Wildman–Crippen LogP) is 3.32. The number of aromatic nitrogens is 1. The number of pyridine rings is 1. The molecule has 1 aliphatic carbocycles. The number of ether oxygens (including phenoxy) is 1. The zero-order valence-electron chi connectivity index (χ0n) is 15.9. The van der Waals surface area contributed by atoms with E-state index >= 15 is 0 Å². The van der Waals surface area contributed by atoms with E-state index in [0.29, 0.717) is 5.69 Å². The molecule has 2 atom stereocenters. The standard InChI is InChI=1S/C21H25N3O4/c1-27-24(21(26)28-15-16-9-3-2-4-10-16)19-13-6-5-11-17(19)23-20(25)18-12-7-8-14-22-18/h2-4,7-10,12,14,17,19H,5-6,11,13,15H2,1H3,(H,23,25)/t17-,19-/m1/s1. The Morgan fingerprint density at radius 1 is 1.11 bits per heavy atom. The number of amides is 2. The molecule has 2 aromatic rings. The highest BCUT2D eigenvalue weighted by Gasteiger charge is 2.35. The molecule has 1 aromatic carbocycles. The molecule has 1 aliphatic rings. The summed E-state index contributed by atoms with van der Waals surface area (Å²) in [6, 6.07) is 14.1. The maximum absolute atomic E-state index is 12.6. The van der Waals surface area contributed by atoms with Crippen LogP contribution in [0.5, 0.6) is 0 Å². The summed E-state index contributed by atoms with van der Waals surface area (Å²) in [6.07, 6.45) is 4.43. The maximum Gasteiger partial charge on any atom is 0.434 e. The van der Waals surface area contributed by atoms with Crippen LogP contribution < -0.4 is 5.32 Å². The minimum atomic E-state index is -0.560. The Balaban J connectivity index is 1.64. The molecule has 3 rings (SSSR count). The van der Waals surface area contributed by atoms with Gasteiger partial charge in [-0.15, -0.1) is 0 Å². The summed E-state index contributed by atoms with van der Waals surface area (Å²) in [5, 5.41) is 4.24. The lowest BCUT2D eigenvalue weighted by atomic mass is 9.90. The molecule has 1 aromatic heterocycles. The normalized spacial score (nSPS) is 18.9. The molecule has 1 saturated carbocycles. The van der Waals surface area contributed by atoms with Crippen LogP contribution in [0.3, 0.4) is 0 Å². The van der Waals surface area contributed by atoms with Crippen molar-refractivity contribution in [1.82, 2.24) is 15.4 Å². The molecule has 0 unspecified atom stereocenters. The zero-order chi connectivity index (χ0) is 19.8. The third-order valence-electron chi connectivity index (χ3n) is 4.83. The van der Waals surface area contributed by atoms with Gasteiger partial charge in [0.15, 0.2) is 0 Å². The molecule has 0 radical (unpaired) electrons.